The molecule has 23 heavy (non-hydrogen) atoms. The molecule has 0 spiro atoms. The molecule has 0 atom stereocenters. The molecule has 2 aromatic rings. The Labute approximate surface area is 135 Å². The number of aryl methyl sites for hydroxylation is 1. The zero-order chi connectivity index (χ0) is 16.1. The van der Waals surface area contributed by atoms with Gasteiger partial charge in [-0.1, -0.05) is 19.3 Å². The Kier molecular flexibility index (Phi) is 4.90. The second kappa shape index (κ2) is 7.26. The summed E-state index contributed by atoms with van der Waals surface area (Å²) in [5.74, 6) is 1.11. The highest BCUT2D eigenvalue weighted by Gasteiger charge is 2.18. The highest BCUT2D eigenvalue weighted by atomic mass is 16.3. The van der Waals surface area contributed by atoms with Gasteiger partial charge in [-0.2, -0.15) is 0 Å². The van der Waals surface area contributed by atoms with Crippen LogP contribution in [0.3, 0.4) is 0 Å². The number of carbonyl (C=O) groups is 1. The highest BCUT2D eigenvalue weighted by molar-refractivity contribution is 5.92. The molecular weight excluding hydrogens is 292 g/mol. The smallest absolute Gasteiger partial charge is 0.270 e. The molecule has 3 rings (SSSR count). The van der Waals surface area contributed by atoms with Crippen LogP contribution in [0.25, 0.3) is 0 Å². The predicted molar refractivity (Wildman–Crippen MR) is 87.1 cm³/mol. The second-order valence-electron chi connectivity index (χ2n) is 5.96. The van der Waals surface area contributed by atoms with Crippen molar-refractivity contribution in [2.75, 3.05) is 5.32 Å². The first-order valence-corrected chi connectivity index (χ1v) is 8.13. The number of aromatic nitrogens is 2. The van der Waals surface area contributed by atoms with Crippen LogP contribution in [0.4, 0.5) is 5.95 Å². The molecule has 1 aliphatic rings. The van der Waals surface area contributed by atoms with Gasteiger partial charge < -0.3 is 15.1 Å². The summed E-state index contributed by atoms with van der Waals surface area (Å²) in [5.41, 5.74) is 1.17. The molecular formula is C17H22N4O2. The van der Waals surface area contributed by atoms with Crippen LogP contribution < -0.4 is 10.6 Å². The van der Waals surface area contributed by atoms with E-state index in [4.69, 9.17) is 4.42 Å². The number of anilines is 1. The van der Waals surface area contributed by atoms with Crippen molar-refractivity contribution < 1.29 is 9.21 Å². The third-order valence-corrected chi connectivity index (χ3v) is 4.03. The third kappa shape index (κ3) is 4.31. The number of carbonyl (C=O) groups excluding carboxylic acids is 1. The Bertz CT molecular complexity index is 649. The van der Waals surface area contributed by atoms with Gasteiger partial charge in [0.15, 0.2) is 0 Å². The second-order valence-corrected chi connectivity index (χ2v) is 5.96. The lowest BCUT2D eigenvalue weighted by Gasteiger charge is -2.22. The lowest BCUT2D eigenvalue weighted by molar-refractivity contribution is 0.0922. The summed E-state index contributed by atoms with van der Waals surface area (Å²) in [6.45, 7) is 2.34. The normalized spacial score (nSPS) is 15.3. The minimum Gasteiger partial charge on any atom is -0.467 e. The Morgan fingerprint density at radius 2 is 2.13 bits per heavy atom. The summed E-state index contributed by atoms with van der Waals surface area (Å²) in [7, 11) is 0. The molecule has 0 bridgehead atoms. The average Bonchev–Trinajstić information content (AvgIpc) is 3.07. The minimum absolute atomic E-state index is 0.122. The molecule has 2 aromatic heterocycles. The summed E-state index contributed by atoms with van der Waals surface area (Å²) >= 11 is 0. The molecule has 0 aromatic carbocycles. The van der Waals surface area contributed by atoms with Crippen LogP contribution in [0, 0.1) is 6.92 Å². The van der Waals surface area contributed by atoms with E-state index in [9.17, 15) is 4.79 Å². The molecule has 6 nitrogen and oxygen atoms in total. The van der Waals surface area contributed by atoms with Crippen molar-refractivity contribution in [1.29, 1.82) is 0 Å². The number of rotatable bonds is 5. The van der Waals surface area contributed by atoms with Crippen LogP contribution in [0.2, 0.25) is 0 Å². The standard InChI is InChI=1S/C17H22N4O2/c1-12-10-15(16(22)20-13-6-3-2-4-7-13)21-17(19-12)18-11-14-8-5-9-23-14/h5,8-10,13H,2-4,6-7,11H2,1H3,(H,20,22)(H,18,19,21). The van der Waals surface area contributed by atoms with Gasteiger partial charge in [-0.15, -0.1) is 0 Å². The van der Waals surface area contributed by atoms with Gasteiger partial charge in [0.25, 0.3) is 5.91 Å². The summed E-state index contributed by atoms with van der Waals surface area (Å²) in [6, 6.07) is 5.69. The molecule has 1 aliphatic carbocycles. The first-order valence-electron chi connectivity index (χ1n) is 8.13. The molecule has 2 heterocycles. The van der Waals surface area contributed by atoms with E-state index in [1.54, 1.807) is 12.3 Å². The lowest BCUT2D eigenvalue weighted by atomic mass is 9.95. The van der Waals surface area contributed by atoms with E-state index < -0.39 is 0 Å². The summed E-state index contributed by atoms with van der Waals surface area (Å²) < 4.78 is 5.27. The fraction of sp³-hybridized carbons (Fsp3) is 0.471. The van der Waals surface area contributed by atoms with E-state index in [0.717, 1.165) is 24.3 Å². The quantitative estimate of drug-likeness (QED) is 0.886. The number of hydrogen-bond donors (Lipinski definition) is 2. The summed E-state index contributed by atoms with van der Waals surface area (Å²) in [4.78, 5) is 21.0. The van der Waals surface area contributed by atoms with E-state index in [1.807, 2.05) is 19.1 Å². The summed E-state index contributed by atoms with van der Waals surface area (Å²) in [5, 5.41) is 6.17. The SMILES string of the molecule is Cc1cc(C(=O)NC2CCCCC2)nc(NCc2ccco2)n1. The van der Waals surface area contributed by atoms with Crippen LogP contribution in [0.15, 0.2) is 28.9 Å². The fourth-order valence-corrected chi connectivity index (χ4v) is 2.85. The van der Waals surface area contributed by atoms with Crippen molar-refractivity contribution in [3.63, 3.8) is 0 Å². The Balaban J connectivity index is 1.65. The zero-order valence-electron chi connectivity index (χ0n) is 13.3. The molecule has 122 valence electrons. The third-order valence-electron chi connectivity index (χ3n) is 4.03. The Morgan fingerprint density at radius 3 is 2.87 bits per heavy atom. The van der Waals surface area contributed by atoms with Gasteiger partial charge in [-0.3, -0.25) is 4.79 Å². The lowest BCUT2D eigenvalue weighted by Crippen LogP contribution is -2.36. The van der Waals surface area contributed by atoms with Crippen molar-refractivity contribution >= 4 is 11.9 Å². The number of amides is 1. The van der Waals surface area contributed by atoms with Crippen LogP contribution in [0.5, 0.6) is 0 Å². The van der Waals surface area contributed by atoms with E-state index in [1.165, 1.54) is 19.3 Å². The number of nitrogens with zero attached hydrogens (tertiary/aromatic N) is 2. The van der Waals surface area contributed by atoms with Crippen molar-refractivity contribution in [2.45, 2.75) is 51.6 Å². The van der Waals surface area contributed by atoms with E-state index in [0.29, 0.717) is 18.2 Å². The van der Waals surface area contributed by atoms with Gasteiger partial charge in [0.2, 0.25) is 5.95 Å². The predicted octanol–water partition coefficient (Wildman–Crippen LogP) is 3.05. The maximum atomic E-state index is 12.4. The van der Waals surface area contributed by atoms with Gasteiger partial charge in [0, 0.05) is 11.7 Å². The van der Waals surface area contributed by atoms with Gasteiger partial charge in [-0.25, -0.2) is 9.97 Å². The molecule has 2 N–H and O–H groups in total. The molecule has 0 saturated heterocycles. The molecule has 0 aliphatic heterocycles. The first-order chi connectivity index (χ1) is 11.2. The molecule has 1 amide bonds. The molecule has 0 radical (unpaired) electrons. The minimum atomic E-state index is -0.122. The van der Waals surface area contributed by atoms with Crippen molar-refractivity contribution in [1.82, 2.24) is 15.3 Å². The summed E-state index contributed by atoms with van der Waals surface area (Å²) in [6.07, 6.45) is 7.36. The molecule has 6 heteroatoms. The highest BCUT2D eigenvalue weighted by Crippen LogP contribution is 2.18. The van der Waals surface area contributed by atoms with Crippen molar-refractivity contribution in [3.05, 3.63) is 41.6 Å². The van der Waals surface area contributed by atoms with Crippen LogP contribution >= 0.6 is 0 Å². The maximum absolute atomic E-state index is 12.4. The van der Waals surface area contributed by atoms with Crippen molar-refractivity contribution in [3.8, 4) is 0 Å². The van der Waals surface area contributed by atoms with Crippen LogP contribution in [-0.4, -0.2) is 21.9 Å². The van der Waals surface area contributed by atoms with Crippen LogP contribution in [-0.2, 0) is 6.54 Å². The molecule has 0 unspecified atom stereocenters. The van der Waals surface area contributed by atoms with E-state index >= 15 is 0 Å². The monoisotopic (exact) mass is 314 g/mol. The van der Waals surface area contributed by atoms with Crippen LogP contribution in [0.1, 0.15) is 54.0 Å². The van der Waals surface area contributed by atoms with Gasteiger partial charge in [0.1, 0.15) is 11.5 Å². The average molecular weight is 314 g/mol. The fourth-order valence-electron chi connectivity index (χ4n) is 2.85. The van der Waals surface area contributed by atoms with Gasteiger partial charge in [0.05, 0.1) is 12.8 Å². The number of furan rings is 1. The molecule has 1 fully saturated rings. The van der Waals surface area contributed by atoms with Gasteiger partial charge >= 0.3 is 0 Å². The van der Waals surface area contributed by atoms with E-state index in [2.05, 4.69) is 20.6 Å². The zero-order valence-corrected chi connectivity index (χ0v) is 13.3. The first kappa shape index (κ1) is 15.5. The number of nitrogens with one attached hydrogen (secondary N) is 2. The van der Waals surface area contributed by atoms with Gasteiger partial charge in [-0.05, 0) is 38.0 Å². The largest absolute Gasteiger partial charge is 0.467 e. The van der Waals surface area contributed by atoms with Crippen molar-refractivity contribution in [2.24, 2.45) is 0 Å². The molecule has 1 saturated carbocycles. The number of hydrogen-bond acceptors (Lipinski definition) is 5. The van der Waals surface area contributed by atoms with E-state index in [-0.39, 0.29) is 11.9 Å². The Morgan fingerprint density at radius 1 is 1.30 bits per heavy atom. The topological polar surface area (TPSA) is 80.0 Å². The maximum Gasteiger partial charge on any atom is 0.270 e. The Hall–Kier alpha value is -2.37.